The van der Waals surface area contributed by atoms with Gasteiger partial charge in [0.1, 0.15) is 9.84 Å². The Kier molecular flexibility index (Phi) is 15.5. The van der Waals surface area contributed by atoms with Crippen LogP contribution in [-0.2, 0) is 19.3 Å². The minimum absolute atomic E-state index is 0. The number of nitrogens with one attached hydrogen (secondary N) is 2. The molecule has 1 fully saturated rings. The first-order chi connectivity index (χ1) is 12.9. The van der Waals surface area contributed by atoms with E-state index in [1.54, 1.807) is 7.05 Å². The van der Waals surface area contributed by atoms with Gasteiger partial charge in [0.2, 0.25) is 0 Å². The summed E-state index contributed by atoms with van der Waals surface area (Å²) in [4.78, 5) is 6.80. The number of hydrogen-bond acceptors (Lipinski definition) is 6. The van der Waals surface area contributed by atoms with Crippen LogP contribution >= 0.6 is 24.0 Å². The van der Waals surface area contributed by atoms with E-state index in [0.717, 1.165) is 51.6 Å². The average molecular weight is 535 g/mol. The van der Waals surface area contributed by atoms with Gasteiger partial charge in [-0.1, -0.05) is 26.7 Å². The Bertz CT molecular complexity index is 524. The predicted molar refractivity (Wildman–Crippen MR) is 126 cm³/mol. The summed E-state index contributed by atoms with van der Waals surface area (Å²) in [6.07, 6.45) is 3.52. The van der Waals surface area contributed by atoms with E-state index in [1.165, 1.54) is 6.26 Å². The van der Waals surface area contributed by atoms with Gasteiger partial charge >= 0.3 is 0 Å². The Labute approximate surface area is 188 Å². The molecule has 1 saturated heterocycles. The van der Waals surface area contributed by atoms with Gasteiger partial charge in [-0.15, -0.1) is 24.0 Å². The molecule has 0 bridgehead atoms. The predicted octanol–water partition coefficient (Wildman–Crippen LogP) is 0.968. The van der Waals surface area contributed by atoms with Gasteiger partial charge in [-0.05, 0) is 5.92 Å². The molecule has 168 valence electrons. The van der Waals surface area contributed by atoms with Crippen molar-refractivity contribution in [1.82, 2.24) is 15.5 Å². The minimum atomic E-state index is -2.97. The molecule has 0 saturated carbocycles. The van der Waals surface area contributed by atoms with E-state index in [2.05, 4.69) is 34.4 Å². The van der Waals surface area contributed by atoms with Crippen LogP contribution < -0.4 is 10.6 Å². The van der Waals surface area contributed by atoms with Crippen LogP contribution in [0.25, 0.3) is 0 Å². The molecule has 0 radical (unpaired) electrons. The zero-order chi connectivity index (χ0) is 20.1. The average Bonchev–Trinajstić information content (AvgIpc) is 2.65. The van der Waals surface area contributed by atoms with E-state index in [4.69, 9.17) is 9.47 Å². The number of nitrogens with zero attached hydrogens (tertiary/aromatic N) is 2. The highest BCUT2D eigenvalue weighted by atomic mass is 127. The normalized spacial score (nSPS) is 17.2. The molecule has 0 spiro atoms. The van der Waals surface area contributed by atoms with Gasteiger partial charge in [-0.2, -0.15) is 0 Å². The summed E-state index contributed by atoms with van der Waals surface area (Å²) in [7, 11) is -1.22. The van der Waals surface area contributed by atoms with E-state index in [0.29, 0.717) is 25.1 Å². The van der Waals surface area contributed by atoms with Crippen LogP contribution in [0.2, 0.25) is 0 Å². The van der Waals surface area contributed by atoms with Gasteiger partial charge in [0.05, 0.1) is 32.2 Å². The summed E-state index contributed by atoms with van der Waals surface area (Å²) < 4.78 is 33.0. The fourth-order valence-electron chi connectivity index (χ4n) is 3.31. The molecule has 0 aromatic carbocycles. The largest absolute Gasteiger partial charge is 0.379 e. The van der Waals surface area contributed by atoms with Crippen molar-refractivity contribution in [1.29, 1.82) is 0 Å². The number of halogens is 1. The summed E-state index contributed by atoms with van der Waals surface area (Å²) in [6, 6.07) is 0.452. The first-order valence-corrected chi connectivity index (χ1v) is 12.0. The van der Waals surface area contributed by atoms with Crippen molar-refractivity contribution in [3.05, 3.63) is 0 Å². The topological polar surface area (TPSA) is 92.3 Å². The quantitative estimate of drug-likeness (QED) is 0.167. The maximum Gasteiger partial charge on any atom is 0.191 e. The molecule has 0 aromatic heterocycles. The summed E-state index contributed by atoms with van der Waals surface area (Å²) in [5, 5.41) is 6.66. The Balaban J connectivity index is 0.00000729. The van der Waals surface area contributed by atoms with Gasteiger partial charge in [0.15, 0.2) is 5.96 Å². The van der Waals surface area contributed by atoms with Crippen molar-refractivity contribution in [2.75, 3.05) is 71.7 Å². The highest BCUT2D eigenvalue weighted by Crippen LogP contribution is 2.19. The van der Waals surface area contributed by atoms with Crippen LogP contribution in [0.4, 0.5) is 0 Å². The van der Waals surface area contributed by atoms with Crippen molar-refractivity contribution >= 4 is 39.8 Å². The molecular formula is C18H39IN4O4S. The SMILES string of the molecule is CCC(CC)C(CNC(=NC)NCCOCCS(C)(=O)=O)N1CCOCC1.I. The standard InChI is InChI=1S/C18H38N4O4S.HI/c1-5-16(6-2)17(22-8-11-26-12-9-22)15-21-18(19-3)20-7-10-25-13-14-27(4,23)24;/h16-17H,5-15H2,1-4H3,(H2,19,20,21);1H. The Morgan fingerprint density at radius 2 is 1.82 bits per heavy atom. The molecule has 28 heavy (non-hydrogen) atoms. The van der Waals surface area contributed by atoms with Crippen LogP contribution in [0.3, 0.4) is 0 Å². The second-order valence-corrected chi connectivity index (χ2v) is 9.17. The van der Waals surface area contributed by atoms with Crippen LogP contribution in [0.1, 0.15) is 26.7 Å². The van der Waals surface area contributed by atoms with Crippen molar-refractivity contribution in [3.63, 3.8) is 0 Å². The molecule has 0 amide bonds. The smallest absolute Gasteiger partial charge is 0.191 e. The third-order valence-electron chi connectivity index (χ3n) is 4.95. The van der Waals surface area contributed by atoms with Gasteiger partial charge < -0.3 is 20.1 Å². The fourth-order valence-corrected chi connectivity index (χ4v) is 3.73. The third-order valence-corrected chi connectivity index (χ3v) is 5.86. The van der Waals surface area contributed by atoms with Gasteiger partial charge in [0, 0.05) is 45.5 Å². The monoisotopic (exact) mass is 534 g/mol. The third kappa shape index (κ3) is 11.7. The number of sulfone groups is 1. The highest BCUT2D eigenvalue weighted by molar-refractivity contribution is 14.0. The van der Waals surface area contributed by atoms with Crippen LogP contribution in [0.5, 0.6) is 0 Å². The maximum atomic E-state index is 11.1. The van der Waals surface area contributed by atoms with Crippen molar-refractivity contribution in [2.24, 2.45) is 10.9 Å². The Morgan fingerprint density at radius 3 is 2.36 bits per heavy atom. The Morgan fingerprint density at radius 1 is 1.18 bits per heavy atom. The zero-order valence-corrected chi connectivity index (χ0v) is 20.9. The molecule has 1 unspecified atom stereocenters. The van der Waals surface area contributed by atoms with E-state index < -0.39 is 9.84 Å². The highest BCUT2D eigenvalue weighted by Gasteiger charge is 2.26. The minimum Gasteiger partial charge on any atom is -0.379 e. The van der Waals surface area contributed by atoms with Gasteiger partial charge in [-0.25, -0.2) is 8.42 Å². The summed E-state index contributed by atoms with van der Waals surface area (Å²) in [6.45, 7) is 10.1. The molecular weight excluding hydrogens is 495 g/mol. The molecule has 1 rings (SSSR count). The molecule has 0 aromatic rings. The van der Waals surface area contributed by atoms with Crippen LogP contribution in [-0.4, -0.2) is 97.0 Å². The summed E-state index contributed by atoms with van der Waals surface area (Å²) in [5.41, 5.74) is 0. The number of rotatable bonds is 12. The molecule has 1 aliphatic heterocycles. The summed E-state index contributed by atoms with van der Waals surface area (Å²) >= 11 is 0. The van der Waals surface area contributed by atoms with E-state index in [9.17, 15) is 8.42 Å². The lowest BCUT2D eigenvalue weighted by atomic mass is 9.92. The second-order valence-electron chi connectivity index (χ2n) is 6.91. The van der Waals surface area contributed by atoms with E-state index in [-0.39, 0.29) is 36.3 Å². The Hall–Kier alpha value is -0.170. The van der Waals surface area contributed by atoms with Crippen LogP contribution in [0, 0.1) is 5.92 Å². The maximum absolute atomic E-state index is 11.1. The molecule has 1 heterocycles. The molecule has 1 aliphatic rings. The molecule has 2 N–H and O–H groups in total. The molecule has 10 heteroatoms. The lowest BCUT2D eigenvalue weighted by molar-refractivity contribution is 0.00271. The number of aliphatic imine (C=N–C) groups is 1. The molecule has 8 nitrogen and oxygen atoms in total. The van der Waals surface area contributed by atoms with E-state index in [1.807, 2.05) is 0 Å². The fraction of sp³-hybridized carbons (Fsp3) is 0.944. The van der Waals surface area contributed by atoms with Crippen LogP contribution in [0.15, 0.2) is 4.99 Å². The molecule has 0 aliphatic carbocycles. The lowest BCUT2D eigenvalue weighted by Gasteiger charge is -2.39. The number of guanidine groups is 1. The first kappa shape index (κ1) is 27.8. The van der Waals surface area contributed by atoms with Gasteiger partial charge in [0.25, 0.3) is 0 Å². The summed E-state index contributed by atoms with van der Waals surface area (Å²) in [5.74, 6) is 1.43. The van der Waals surface area contributed by atoms with Crippen molar-refractivity contribution in [2.45, 2.75) is 32.7 Å². The van der Waals surface area contributed by atoms with Crippen molar-refractivity contribution < 1.29 is 17.9 Å². The molecule has 1 atom stereocenters. The van der Waals surface area contributed by atoms with Crippen molar-refractivity contribution in [3.8, 4) is 0 Å². The van der Waals surface area contributed by atoms with Gasteiger partial charge in [-0.3, -0.25) is 9.89 Å². The lowest BCUT2D eigenvalue weighted by Crippen LogP contribution is -2.53. The number of ether oxygens (including phenoxy) is 2. The first-order valence-electron chi connectivity index (χ1n) is 9.93. The number of hydrogen-bond donors (Lipinski definition) is 2. The second kappa shape index (κ2) is 15.6. The zero-order valence-electron chi connectivity index (χ0n) is 17.8. The number of morpholine rings is 1. The van der Waals surface area contributed by atoms with E-state index >= 15 is 0 Å².